The largest absolute Gasteiger partial charge is 0.489 e. The molecule has 2 bridgehead atoms. The van der Waals surface area contributed by atoms with Crippen LogP contribution in [0.15, 0.2) is 79.1 Å². The minimum absolute atomic E-state index is 0.00868. The summed E-state index contributed by atoms with van der Waals surface area (Å²) < 4.78 is 63.0. The van der Waals surface area contributed by atoms with Crippen LogP contribution in [-0.2, 0) is 20.7 Å². The minimum Gasteiger partial charge on any atom is -0.489 e. The van der Waals surface area contributed by atoms with Crippen molar-refractivity contribution in [3.63, 3.8) is 0 Å². The first-order valence-electron chi connectivity index (χ1n) is 18.3. The quantitative estimate of drug-likeness (QED) is 0.119. The number of carbonyl (C=O) groups excluding carboxylic acids is 3. The van der Waals surface area contributed by atoms with Crippen molar-refractivity contribution < 1.29 is 46.5 Å². The Labute approximate surface area is 331 Å². The molecule has 3 aliphatic heterocycles. The van der Waals surface area contributed by atoms with E-state index >= 15 is 0 Å². The predicted molar refractivity (Wildman–Crippen MR) is 200 cm³/mol. The summed E-state index contributed by atoms with van der Waals surface area (Å²) in [7, 11) is 0. The number of fused-ring (bicyclic) bond motifs is 3. The van der Waals surface area contributed by atoms with Crippen molar-refractivity contribution in [3.05, 3.63) is 123 Å². The van der Waals surface area contributed by atoms with Gasteiger partial charge in [0.25, 0.3) is 5.91 Å². The van der Waals surface area contributed by atoms with E-state index in [-0.39, 0.29) is 51.1 Å². The number of hydrogen-bond acceptors (Lipinski definition) is 9. The molecular formula is C41H38Cl2F3N3O7. The molecule has 4 heterocycles. The molecule has 294 valence electrons. The summed E-state index contributed by atoms with van der Waals surface area (Å²) in [5.74, 6) is -2.34. The first-order valence-corrected chi connectivity index (χ1v) is 19.1. The summed E-state index contributed by atoms with van der Waals surface area (Å²) in [6, 6.07) is 13.9. The molecule has 3 atom stereocenters. The number of pyridine rings is 1. The molecule has 3 saturated heterocycles. The molecule has 8 rings (SSSR count). The number of alkyl halides is 2. The lowest BCUT2D eigenvalue weighted by atomic mass is 9.86. The lowest BCUT2D eigenvalue weighted by Gasteiger charge is -2.44. The monoisotopic (exact) mass is 811 g/mol. The lowest BCUT2D eigenvalue weighted by Crippen LogP contribution is -2.52. The molecule has 4 fully saturated rings. The van der Waals surface area contributed by atoms with E-state index in [1.54, 1.807) is 0 Å². The number of amides is 1. The van der Waals surface area contributed by atoms with Crippen LogP contribution < -0.4 is 14.8 Å². The Kier molecular flexibility index (Phi) is 12.3. The second kappa shape index (κ2) is 17.5. The van der Waals surface area contributed by atoms with Crippen LogP contribution in [0.1, 0.15) is 75.2 Å². The highest BCUT2D eigenvalue weighted by atomic mass is 35.5. The van der Waals surface area contributed by atoms with Crippen molar-refractivity contribution >= 4 is 41.0 Å². The SMILES string of the molecule is O=C(NC(C(=O)O[C@H]1CN2CCC1CC2)c1ccc(F)cc1)c1cccc(C(=O)O[C@@H](Cc2c(Cl)cncc2Cl)c2ccc(OC(F)F)c(OCC3CC3)c2)c1. The molecule has 1 aromatic heterocycles. The standard InChI is InChI=1S/C41H38Cl2F3N3O7/c42-31-19-47-20-32(43)30(31)18-34(26-8-11-33(56-41(45)46)35(17-26)53-22-23-4-5-23)54-39(51)28-3-1-2-27(16-28)38(50)48-37(25-6-9-29(44)10-7-25)40(52)55-36-21-49-14-12-24(36)13-15-49/h1-3,6-11,16-17,19-20,23-24,34,36-37,41H,4-5,12-15,18,21-22H2,(H,48,50)/t34-,36-,37?/m0/s1. The van der Waals surface area contributed by atoms with Crippen LogP contribution in [0.3, 0.4) is 0 Å². The zero-order chi connectivity index (χ0) is 39.3. The van der Waals surface area contributed by atoms with Crippen molar-refractivity contribution in [2.75, 3.05) is 26.2 Å². The van der Waals surface area contributed by atoms with E-state index in [0.717, 1.165) is 38.8 Å². The number of piperidine rings is 3. The van der Waals surface area contributed by atoms with Gasteiger partial charge in [-0.15, -0.1) is 0 Å². The van der Waals surface area contributed by atoms with Crippen LogP contribution in [0.2, 0.25) is 10.0 Å². The number of halogens is 5. The fourth-order valence-electron chi connectivity index (χ4n) is 6.96. The number of esters is 2. The van der Waals surface area contributed by atoms with E-state index in [9.17, 15) is 27.6 Å². The van der Waals surface area contributed by atoms with Crippen molar-refractivity contribution in [2.24, 2.45) is 11.8 Å². The summed E-state index contributed by atoms with van der Waals surface area (Å²) in [6.45, 7) is -0.310. The number of ether oxygens (including phenoxy) is 4. The smallest absolute Gasteiger partial charge is 0.387 e. The summed E-state index contributed by atoms with van der Waals surface area (Å²) in [5, 5.41) is 3.14. The Balaban J connectivity index is 1.12. The van der Waals surface area contributed by atoms with Crippen LogP contribution >= 0.6 is 23.2 Å². The van der Waals surface area contributed by atoms with E-state index < -0.39 is 42.4 Å². The van der Waals surface area contributed by atoms with Crippen LogP contribution in [-0.4, -0.2) is 66.7 Å². The van der Waals surface area contributed by atoms with Gasteiger partial charge in [0, 0.05) is 30.9 Å². The molecule has 1 unspecified atom stereocenters. The van der Waals surface area contributed by atoms with Crippen LogP contribution in [0.4, 0.5) is 13.2 Å². The lowest BCUT2D eigenvalue weighted by molar-refractivity contribution is -0.161. The Morgan fingerprint density at radius 1 is 0.875 bits per heavy atom. The van der Waals surface area contributed by atoms with Crippen LogP contribution in [0.5, 0.6) is 11.5 Å². The van der Waals surface area contributed by atoms with Gasteiger partial charge in [0.2, 0.25) is 0 Å². The van der Waals surface area contributed by atoms with Gasteiger partial charge in [0.15, 0.2) is 17.5 Å². The first kappa shape index (κ1) is 39.4. The molecule has 3 aromatic carbocycles. The summed E-state index contributed by atoms with van der Waals surface area (Å²) in [6.07, 6.45) is 5.06. The average Bonchev–Trinajstić information content (AvgIpc) is 4.03. The van der Waals surface area contributed by atoms with Gasteiger partial charge in [-0.1, -0.05) is 47.5 Å². The molecule has 56 heavy (non-hydrogen) atoms. The molecule has 10 nitrogen and oxygen atoms in total. The fraction of sp³-hybridized carbons (Fsp3) is 0.366. The van der Waals surface area contributed by atoms with Crippen molar-refractivity contribution in [3.8, 4) is 11.5 Å². The zero-order valence-corrected chi connectivity index (χ0v) is 31.5. The van der Waals surface area contributed by atoms with Gasteiger partial charge >= 0.3 is 18.6 Å². The van der Waals surface area contributed by atoms with Gasteiger partial charge in [-0.05, 0) is 110 Å². The van der Waals surface area contributed by atoms with Crippen molar-refractivity contribution in [1.82, 2.24) is 15.2 Å². The summed E-state index contributed by atoms with van der Waals surface area (Å²) in [5.41, 5.74) is 1.13. The van der Waals surface area contributed by atoms with Gasteiger partial charge in [-0.2, -0.15) is 8.78 Å². The van der Waals surface area contributed by atoms with Crippen LogP contribution in [0.25, 0.3) is 0 Å². The summed E-state index contributed by atoms with van der Waals surface area (Å²) in [4.78, 5) is 47.5. The van der Waals surface area contributed by atoms with Gasteiger partial charge in [-0.3, -0.25) is 14.7 Å². The molecule has 1 aliphatic carbocycles. The zero-order valence-electron chi connectivity index (χ0n) is 30.0. The second-order valence-corrected chi connectivity index (χ2v) is 15.0. The fourth-order valence-corrected chi connectivity index (χ4v) is 7.48. The predicted octanol–water partition coefficient (Wildman–Crippen LogP) is 8.17. The molecule has 4 aliphatic rings. The highest BCUT2D eigenvalue weighted by Crippen LogP contribution is 2.38. The molecule has 0 spiro atoms. The maximum Gasteiger partial charge on any atom is 0.387 e. The number of aromatic nitrogens is 1. The Morgan fingerprint density at radius 2 is 1.57 bits per heavy atom. The topological polar surface area (TPSA) is 116 Å². The highest BCUT2D eigenvalue weighted by molar-refractivity contribution is 6.35. The Morgan fingerprint density at radius 3 is 2.23 bits per heavy atom. The normalized spacial score (nSPS) is 19.9. The maximum absolute atomic E-state index is 13.9. The number of nitrogens with one attached hydrogen (secondary N) is 1. The van der Waals surface area contributed by atoms with Crippen LogP contribution in [0, 0.1) is 17.7 Å². The van der Waals surface area contributed by atoms with Crippen molar-refractivity contribution in [1.29, 1.82) is 0 Å². The molecule has 1 saturated carbocycles. The number of benzene rings is 3. The first-order chi connectivity index (χ1) is 27.0. The number of hydrogen-bond donors (Lipinski definition) is 1. The average molecular weight is 813 g/mol. The van der Waals surface area contributed by atoms with E-state index in [1.165, 1.54) is 79.1 Å². The molecule has 1 N–H and O–H groups in total. The molecule has 15 heteroatoms. The second-order valence-electron chi connectivity index (χ2n) is 14.2. The number of nitrogens with zero attached hydrogens (tertiary/aromatic N) is 2. The summed E-state index contributed by atoms with van der Waals surface area (Å²) >= 11 is 12.9. The van der Waals surface area contributed by atoms with E-state index in [4.69, 9.17) is 42.1 Å². The third kappa shape index (κ3) is 9.74. The molecule has 4 aromatic rings. The third-order valence-electron chi connectivity index (χ3n) is 10.3. The van der Waals surface area contributed by atoms with Gasteiger partial charge < -0.3 is 24.3 Å². The highest BCUT2D eigenvalue weighted by Gasteiger charge is 2.38. The third-order valence-corrected chi connectivity index (χ3v) is 10.9. The van der Waals surface area contributed by atoms with E-state index in [0.29, 0.717) is 35.8 Å². The Hall–Kier alpha value is -4.85. The van der Waals surface area contributed by atoms with Gasteiger partial charge in [0.1, 0.15) is 18.0 Å². The van der Waals surface area contributed by atoms with E-state index in [1.807, 2.05) is 0 Å². The number of rotatable bonds is 15. The number of carbonyl (C=O) groups is 3. The molecule has 0 radical (unpaired) electrons. The maximum atomic E-state index is 13.9. The van der Waals surface area contributed by atoms with Gasteiger partial charge in [0.05, 0.1) is 22.2 Å². The minimum atomic E-state index is -3.10. The van der Waals surface area contributed by atoms with Gasteiger partial charge in [-0.25, -0.2) is 14.0 Å². The van der Waals surface area contributed by atoms with Crippen molar-refractivity contribution in [2.45, 2.75) is 57.0 Å². The molecular weight excluding hydrogens is 774 g/mol. The molecule has 1 amide bonds. The van der Waals surface area contributed by atoms with E-state index in [2.05, 4.69) is 15.2 Å². The Bertz CT molecular complexity index is 2040.